The van der Waals surface area contributed by atoms with Crippen LogP contribution in [0.4, 0.5) is 0 Å². The lowest BCUT2D eigenvalue weighted by molar-refractivity contribution is 0.0752. The Morgan fingerprint density at radius 3 is 2.83 bits per heavy atom. The average Bonchev–Trinajstić information content (AvgIpc) is 3.04. The summed E-state index contributed by atoms with van der Waals surface area (Å²) in [5.74, 6) is 1.82. The third kappa shape index (κ3) is 5.03. The Bertz CT molecular complexity index is 639. The van der Waals surface area contributed by atoms with Gasteiger partial charge < -0.3 is 14.1 Å². The molecule has 1 heterocycles. The van der Waals surface area contributed by atoms with Gasteiger partial charge in [0.25, 0.3) is 5.91 Å². The molecule has 0 aliphatic heterocycles. The van der Waals surface area contributed by atoms with Crippen LogP contribution in [0.3, 0.4) is 0 Å². The van der Waals surface area contributed by atoms with Crippen LogP contribution in [-0.2, 0) is 12.4 Å². The topological polar surface area (TPSA) is 42.7 Å². The fourth-order valence-corrected chi connectivity index (χ4v) is 2.31. The molecule has 0 radical (unpaired) electrons. The maximum absolute atomic E-state index is 12.3. The summed E-state index contributed by atoms with van der Waals surface area (Å²) in [4.78, 5) is 13.9. The van der Waals surface area contributed by atoms with Gasteiger partial charge in [0, 0.05) is 13.6 Å². The van der Waals surface area contributed by atoms with E-state index in [0.717, 1.165) is 24.2 Å². The molecule has 1 aromatic heterocycles. The van der Waals surface area contributed by atoms with Gasteiger partial charge in [0.05, 0.1) is 12.5 Å². The normalized spacial score (nSPS) is 10.6. The molecule has 0 unspecified atom stereocenters. The fraction of sp³-hybridized carbons (Fsp3) is 0.389. The number of benzene rings is 1. The lowest BCUT2D eigenvalue weighted by atomic mass is 10.2. The molecule has 5 heteroatoms. The molecule has 0 saturated carbocycles. The second kappa shape index (κ2) is 8.63. The van der Waals surface area contributed by atoms with Crippen LogP contribution < -0.4 is 4.74 Å². The molecule has 0 N–H and O–H groups in total. The van der Waals surface area contributed by atoms with E-state index in [4.69, 9.17) is 20.8 Å². The zero-order valence-corrected chi connectivity index (χ0v) is 14.3. The SMILES string of the molecule is CCCCOc1cccc(CN(C)C(=O)c2ccc(CCl)o2)c1. The van der Waals surface area contributed by atoms with E-state index < -0.39 is 0 Å². The Balaban J connectivity index is 1.97. The quantitative estimate of drug-likeness (QED) is 0.528. The number of hydrogen-bond donors (Lipinski definition) is 0. The molecule has 0 bridgehead atoms. The lowest BCUT2D eigenvalue weighted by Gasteiger charge is -2.16. The number of hydrogen-bond acceptors (Lipinski definition) is 3. The van der Waals surface area contributed by atoms with E-state index in [2.05, 4.69) is 6.92 Å². The van der Waals surface area contributed by atoms with Gasteiger partial charge in [-0.05, 0) is 36.2 Å². The monoisotopic (exact) mass is 335 g/mol. The third-order valence-corrected chi connectivity index (χ3v) is 3.70. The van der Waals surface area contributed by atoms with Crippen molar-refractivity contribution in [1.82, 2.24) is 4.90 Å². The highest BCUT2D eigenvalue weighted by Gasteiger charge is 2.16. The van der Waals surface area contributed by atoms with Crippen molar-refractivity contribution in [2.75, 3.05) is 13.7 Å². The van der Waals surface area contributed by atoms with Crippen molar-refractivity contribution in [1.29, 1.82) is 0 Å². The Labute approximate surface area is 142 Å². The van der Waals surface area contributed by atoms with Crippen molar-refractivity contribution in [2.45, 2.75) is 32.2 Å². The van der Waals surface area contributed by atoms with Gasteiger partial charge in [0.15, 0.2) is 5.76 Å². The first-order valence-electron chi connectivity index (χ1n) is 7.76. The van der Waals surface area contributed by atoms with Crippen LogP contribution in [0, 0.1) is 0 Å². The van der Waals surface area contributed by atoms with E-state index in [1.54, 1.807) is 24.1 Å². The first kappa shape index (κ1) is 17.4. The zero-order chi connectivity index (χ0) is 16.7. The fourth-order valence-electron chi connectivity index (χ4n) is 2.17. The second-order valence-corrected chi connectivity index (χ2v) is 5.68. The minimum Gasteiger partial charge on any atom is -0.494 e. The molecule has 4 nitrogen and oxygen atoms in total. The van der Waals surface area contributed by atoms with Crippen molar-refractivity contribution < 1.29 is 13.9 Å². The first-order chi connectivity index (χ1) is 11.1. The summed E-state index contributed by atoms with van der Waals surface area (Å²) in [6.07, 6.45) is 2.13. The molecule has 0 saturated heterocycles. The van der Waals surface area contributed by atoms with Gasteiger partial charge in [0.1, 0.15) is 11.5 Å². The van der Waals surface area contributed by atoms with E-state index in [0.29, 0.717) is 24.7 Å². The van der Waals surface area contributed by atoms with Gasteiger partial charge in [-0.25, -0.2) is 0 Å². The molecule has 1 amide bonds. The summed E-state index contributed by atoms with van der Waals surface area (Å²) in [6.45, 7) is 3.33. The largest absolute Gasteiger partial charge is 0.494 e. The number of ether oxygens (including phenoxy) is 1. The minimum absolute atomic E-state index is 0.168. The lowest BCUT2D eigenvalue weighted by Crippen LogP contribution is -2.25. The average molecular weight is 336 g/mol. The van der Waals surface area contributed by atoms with Crippen molar-refractivity contribution >= 4 is 17.5 Å². The van der Waals surface area contributed by atoms with Crippen molar-refractivity contribution in [3.8, 4) is 5.75 Å². The van der Waals surface area contributed by atoms with Gasteiger partial charge in [0.2, 0.25) is 0 Å². The van der Waals surface area contributed by atoms with Crippen LogP contribution in [0.1, 0.15) is 41.6 Å². The molecule has 0 spiro atoms. The summed E-state index contributed by atoms with van der Waals surface area (Å²) >= 11 is 5.69. The Hall–Kier alpha value is -1.94. The molecule has 23 heavy (non-hydrogen) atoms. The predicted octanol–water partition coefficient (Wildman–Crippen LogP) is 4.47. The zero-order valence-electron chi connectivity index (χ0n) is 13.5. The molecular formula is C18H22ClNO3. The minimum atomic E-state index is -0.168. The number of nitrogens with zero attached hydrogens (tertiary/aromatic N) is 1. The Morgan fingerprint density at radius 2 is 2.13 bits per heavy atom. The summed E-state index contributed by atoms with van der Waals surface area (Å²) in [5.41, 5.74) is 1.01. The van der Waals surface area contributed by atoms with Gasteiger partial charge >= 0.3 is 0 Å². The molecule has 2 rings (SSSR count). The summed E-state index contributed by atoms with van der Waals surface area (Å²) in [6, 6.07) is 11.2. The molecule has 0 aliphatic rings. The molecule has 0 aliphatic carbocycles. The van der Waals surface area contributed by atoms with Gasteiger partial charge in [-0.3, -0.25) is 4.79 Å². The molecule has 124 valence electrons. The molecular weight excluding hydrogens is 314 g/mol. The van der Waals surface area contributed by atoms with Crippen LogP contribution >= 0.6 is 11.6 Å². The second-order valence-electron chi connectivity index (χ2n) is 5.41. The van der Waals surface area contributed by atoms with Crippen LogP contribution in [-0.4, -0.2) is 24.5 Å². The number of amides is 1. The smallest absolute Gasteiger partial charge is 0.289 e. The number of alkyl halides is 1. The van der Waals surface area contributed by atoms with E-state index in [9.17, 15) is 4.79 Å². The predicted molar refractivity (Wildman–Crippen MR) is 90.9 cm³/mol. The van der Waals surface area contributed by atoms with E-state index in [-0.39, 0.29) is 11.8 Å². The maximum atomic E-state index is 12.3. The molecule has 2 aromatic rings. The van der Waals surface area contributed by atoms with E-state index >= 15 is 0 Å². The molecule has 0 atom stereocenters. The summed E-state index contributed by atoms with van der Waals surface area (Å²) in [5, 5.41) is 0. The van der Waals surface area contributed by atoms with E-state index in [1.165, 1.54) is 0 Å². The molecule has 0 fully saturated rings. The number of carbonyl (C=O) groups excluding carboxylic acids is 1. The van der Waals surface area contributed by atoms with Crippen LogP contribution in [0.2, 0.25) is 0 Å². The molecule has 1 aromatic carbocycles. The highest BCUT2D eigenvalue weighted by atomic mass is 35.5. The third-order valence-electron chi connectivity index (χ3n) is 3.44. The number of unbranched alkanes of at least 4 members (excludes halogenated alkanes) is 1. The Kier molecular flexibility index (Phi) is 6.53. The van der Waals surface area contributed by atoms with Crippen LogP contribution in [0.15, 0.2) is 40.8 Å². The Morgan fingerprint density at radius 1 is 1.30 bits per heavy atom. The summed E-state index contributed by atoms with van der Waals surface area (Å²) in [7, 11) is 1.75. The number of furan rings is 1. The highest BCUT2D eigenvalue weighted by Crippen LogP contribution is 2.17. The summed E-state index contributed by atoms with van der Waals surface area (Å²) < 4.78 is 11.1. The number of rotatable bonds is 8. The first-order valence-corrected chi connectivity index (χ1v) is 8.29. The number of halogens is 1. The highest BCUT2D eigenvalue weighted by molar-refractivity contribution is 6.16. The van der Waals surface area contributed by atoms with Gasteiger partial charge in [-0.2, -0.15) is 0 Å². The van der Waals surface area contributed by atoms with Gasteiger partial charge in [-0.1, -0.05) is 25.5 Å². The number of carbonyl (C=O) groups is 1. The van der Waals surface area contributed by atoms with Crippen LogP contribution in [0.25, 0.3) is 0 Å². The van der Waals surface area contributed by atoms with Gasteiger partial charge in [-0.15, -0.1) is 11.6 Å². The van der Waals surface area contributed by atoms with E-state index in [1.807, 2.05) is 24.3 Å². The van der Waals surface area contributed by atoms with Crippen molar-refractivity contribution in [3.63, 3.8) is 0 Å². The van der Waals surface area contributed by atoms with Crippen molar-refractivity contribution in [2.24, 2.45) is 0 Å². The maximum Gasteiger partial charge on any atom is 0.289 e. The standard InChI is InChI=1S/C18H22ClNO3/c1-3-4-10-22-15-7-5-6-14(11-15)13-20(2)18(21)17-9-8-16(12-19)23-17/h5-9,11H,3-4,10,12-13H2,1-2H3. The van der Waals surface area contributed by atoms with Crippen molar-refractivity contribution in [3.05, 3.63) is 53.5 Å². The van der Waals surface area contributed by atoms with Crippen LogP contribution in [0.5, 0.6) is 5.75 Å².